The van der Waals surface area contributed by atoms with Crippen molar-refractivity contribution in [1.29, 1.82) is 0 Å². The Morgan fingerprint density at radius 3 is 2.44 bits per heavy atom. The molecule has 1 aromatic carbocycles. The number of ketones is 1. The number of benzene rings is 1. The van der Waals surface area contributed by atoms with Crippen LogP contribution in [0.1, 0.15) is 39.4 Å². The van der Waals surface area contributed by atoms with Crippen molar-refractivity contribution in [2.24, 2.45) is 0 Å². The number of nitrogen functional groups attached to an aromatic ring is 1. The fraction of sp³-hybridized carbons (Fsp3) is 0.267. The van der Waals surface area contributed by atoms with Crippen molar-refractivity contribution in [2.45, 2.75) is 26.2 Å². The molecule has 2 nitrogen and oxygen atoms in total. The molecule has 3 heteroatoms. The van der Waals surface area contributed by atoms with Crippen LogP contribution >= 0.6 is 11.3 Å². The van der Waals surface area contributed by atoms with Gasteiger partial charge in [0.1, 0.15) is 0 Å². The molecule has 2 aromatic rings. The average Bonchev–Trinajstić information content (AvgIpc) is 2.76. The van der Waals surface area contributed by atoms with Crippen LogP contribution in [0.15, 0.2) is 36.4 Å². The molecular weight excluding hydrogens is 242 g/mol. The summed E-state index contributed by atoms with van der Waals surface area (Å²) in [6, 6.07) is 11.7. The van der Waals surface area contributed by atoms with Crippen molar-refractivity contribution in [3.63, 3.8) is 0 Å². The molecular formula is C15H17NOS. The lowest BCUT2D eigenvalue weighted by Gasteiger charge is -2.10. The molecule has 0 aliphatic rings. The Bertz CT molecular complexity index is 542. The van der Waals surface area contributed by atoms with Gasteiger partial charge in [-0.2, -0.15) is 0 Å². The van der Waals surface area contributed by atoms with E-state index in [9.17, 15) is 4.79 Å². The van der Waals surface area contributed by atoms with Crippen LogP contribution in [-0.2, 0) is 0 Å². The van der Waals surface area contributed by atoms with Crippen LogP contribution in [0, 0.1) is 6.92 Å². The lowest BCUT2D eigenvalue weighted by Crippen LogP contribution is -2.03. The number of thiophene rings is 1. The van der Waals surface area contributed by atoms with Crippen molar-refractivity contribution in [2.75, 3.05) is 5.73 Å². The zero-order valence-electron chi connectivity index (χ0n) is 10.6. The van der Waals surface area contributed by atoms with Gasteiger partial charge < -0.3 is 5.73 Å². The summed E-state index contributed by atoms with van der Waals surface area (Å²) in [5, 5.41) is 0. The molecule has 1 heterocycles. The molecule has 0 fully saturated rings. The van der Waals surface area contributed by atoms with Gasteiger partial charge >= 0.3 is 0 Å². The van der Waals surface area contributed by atoms with Gasteiger partial charge in [-0.3, -0.25) is 4.79 Å². The van der Waals surface area contributed by atoms with Crippen molar-refractivity contribution < 1.29 is 4.79 Å². The minimum atomic E-state index is 0.220. The molecule has 18 heavy (non-hydrogen) atoms. The lowest BCUT2D eigenvalue weighted by atomic mass is 9.95. The summed E-state index contributed by atoms with van der Waals surface area (Å²) in [4.78, 5) is 14.1. The van der Waals surface area contributed by atoms with Crippen LogP contribution in [0.2, 0.25) is 0 Å². The largest absolute Gasteiger partial charge is 0.399 e. The van der Waals surface area contributed by atoms with E-state index in [2.05, 4.69) is 6.92 Å². The Morgan fingerprint density at radius 2 is 1.89 bits per heavy atom. The first-order chi connectivity index (χ1) is 8.56. The van der Waals surface area contributed by atoms with Crippen LogP contribution in [0.4, 0.5) is 5.69 Å². The summed E-state index contributed by atoms with van der Waals surface area (Å²) >= 11 is 1.57. The standard InChI is InChI=1S/C15H17NOS/c1-10(12-4-6-13(16)7-5-12)9-14(17)15-8-3-11(2)18-15/h3-8,10H,9,16H2,1-2H3. The van der Waals surface area contributed by atoms with Crippen LogP contribution in [0.25, 0.3) is 0 Å². The van der Waals surface area contributed by atoms with Gasteiger partial charge in [0.2, 0.25) is 0 Å². The number of carbonyl (C=O) groups excluding carboxylic acids is 1. The molecule has 1 atom stereocenters. The Morgan fingerprint density at radius 1 is 1.22 bits per heavy atom. The summed E-state index contributed by atoms with van der Waals surface area (Å²) < 4.78 is 0. The van der Waals surface area contributed by atoms with Gasteiger partial charge in [-0.15, -0.1) is 11.3 Å². The summed E-state index contributed by atoms with van der Waals surface area (Å²) in [7, 11) is 0. The molecule has 0 aliphatic heterocycles. The van der Waals surface area contributed by atoms with Crippen LogP contribution < -0.4 is 5.73 Å². The molecule has 0 bridgehead atoms. The molecule has 94 valence electrons. The monoisotopic (exact) mass is 259 g/mol. The highest BCUT2D eigenvalue weighted by Crippen LogP contribution is 2.24. The molecule has 0 amide bonds. The van der Waals surface area contributed by atoms with E-state index in [4.69, 9.17) is 5.73 Å². The Kier molecular flexibility index (Phi) is 3.82. The maximum absolute atomic E-state index is 12.1. The van der Waals surface area contributed by atoms with Crippen LogP contribution in [0.5, 0.6) is 0 Å². The van der Waals surface area contributed by atoms with E-state index in [0.29, 0.717) is 6.42 Å². The summed E-state index contributed by atoms with van der Waals surface area (Å²) in [5.74, 6) is 0.443. The molecule has 2 N–H and O–H groups in total. The summed E-state index contributed by atoms with van der Waals surface area (Å²) in [6.07, 6.45) is 0.546. The van der Waals surface area contributed by atoms with E-state index in [1.807, 2.05) is 43.3 Å². The van der Waals surface area contributed by atoms with Gasteiger partial charge in [-0.05, 0) is 42.7 Å². The van der Waals surface area contributed by atoms with Crippen LogP contribution in [0.3, 0.4) is 0 Å². The third-order valence-electron chi connectivity index (χ3n) is 3.01. The Hall–Kier alpha value is -1.61. The molecule has 1 unspecified atom stereocenters. The fourth-order valence-corrected chi connectivity index (χ4v) is 2.72. The summed E-state index contributed by atoms with van der Waals surface area (Å²) in [5.41, 5.74) is 7.57. The van der Waals surface area contributed by atoms with Crippen molar-refractivity contribution in [3.05, 3.63) is 51.7 Å². The molecule has 0 radical (unpaired) electrons. The molecule has 0 spiro atoms. The lowest BCUT2D eigenvalue weighted by molar-refractivity contribution is 0.0979. The zero-order valence-corrected chi connectivity index (χ0v) is 11.5. The Balaban J connectivity index is 2.05. The number of hydrogen-bond donors (Lipinski definition) is 1. The first kappa shape index (κ1) is 12.8. The van der Waals surface area contributed by atoms with Gasteiger partial charge in [0.05, 0.1) is 4.88 Å². The number of hydrogen-bond acceptors (Lipinski definition) is 3. The van der Waals surface area contributed by atoms with E-state index < -0.39 is 0 Å². The number of aryl methyl sites for hydroxylation is 1. The number of carbonyl (C=O) groups is 1. The highest BCUT2D eigenvalue weighted by atomic mass is 32.1. The third kappa shape index (κ3) is 2.99. The molecule has 0 saturated heterocycles. The average molecular weight is 259 g/mol. The predicted octanol–water partition coefficient (Wildman–Crippen LogP) is 4.02. The van der Waals surface area contributed by atoms with Crippen molar-refractivity contribution >= 4 is 22.8 Å². The smallest absolute Gasteiger partial charge is 0.173 e. The first-order valence-corrected chi connectivity index (χ1v) is 6.83. The van der Waals surface area contributed by atoms with Crippen LogP contribution in [-0.4, -0.2) is 5.78 Å². The minimum absolute atomic E-state index is 0.220. The van der Waals surface area contributed by atoms with Crippen molar-refractivity contribution in [1.82, 2.24) is 0 Å². The zero-order chi connectivity index (χ0) is 13.1. The second-order valence-electron chi connectivity index (χ2n) is 4.61. The minimum Gasteiger partial charge on any atom is -0.399 e. The van der Waals surface area contributed by atoms with E-state index >= 15 is 0 Å². The van der Waals surface area contributed by atoms with E-state index in [0.717, 1.165) is 16.1 Å². The van der Waals surface area contributed by atoms with Gasteiger partial charge in [-0.1, -0.05) is 19.1 Å². The quantitative estimate of drug-likeness (QED) is 0.665. The predicted molar refractivity (Wildman–Crippen MR) is 77.3 cm³/mol. The van der Waals surface area contributed by atoms with Gasteiger partial charge in [-0.25, -0.2) is 0 Å². The highest BCUT2D eigenvalue weighted by molar-refractivity contribution is 7.14. The molecule has 0 saturated carbocycles. The number of nitrogens with two attached hydrogens (primary N) is 1. The van der Waals surface area contributed by atoms with E-state index in [1.165, 1.54) is 4.88 Å². The topological polar surface area (TPSA) is 43.1 Å². The maximum atomic E-state index is 12.1. The summed E-state index contributed by atoms with van der Waals surface area (Å²) in [6.45, 7) is 4.09. The molecule has 2 rings (SSSR count). The highest BCUT2D eigenvalue weighted by Gasteiger charge is 2.14. The maximum Gasteiger partial charge on any atom is 0.173 e. The van der Waals surface area contributed by atoms with Gasteiger partial charge in [0.25, 0.3) is 0 Å². The SMILES string of the molecule is Cc1ccc(C(=O)CC(C)c2ccc(N)cc2)s1. The normalized spacial score (nSPS) is 12.3. The second-order valence-corrected chi connectivity index (χ2v) is 5.89. The van der Waals surface area contributed by atoms with Crippen molar-refractivity contribution in [3.8, 4) is 0 Å². The second kappa shape index (κ2) is 5.36. The molecule has 0 aliphatic carbocycles. The first-order valence-electron chi connectivity index (χ1n) is 6.01. The number of anilines is 1. The van der Waals surface area contributed by atoms with Gasteiger partial charge in [0.15, 0.2) is 5.78 Å². The van der Waals surface area contributed by atoms with E-state index in [-0.39, 0.29) is 11.7 Å². The van der Waals surface area contributed by atoms with Gasteiger partial charge in [0, 0.05) is 17.0 Å². The molecule has 1 aromatic heterocycles. The van der Waals surface area contributed by atoms with E-state index in [1.54, 1.807) is 11.3 Å². The Labute approximate surface area is 111 Å². The third-order valence-corrected chi connectivity index (χ3v) is 4.05. The number of rotatable bonds is 4. The number of Topliss-reactive ketones (excluding diaryl/α,β-unsaturated/α-hetero) is 1. The fourth-order valence-electron chi connectivity index (χ4n) is 1.91.